The number of aryl methyl sites for hydroxylation is 1. The van der Waals surface area contributed by atoms with Crippen LogP contribution in [0.25, 0.3) is 0 Å². The average Bonchev–Trinajstić information content (AvgIpc) is 3.03. The molecule has 0 saturated heterocycles. The van der Waals surface area contributed by atoms with Gasteiger partial charge in [0.05, 0.1) is 17.9 Å². The summed E-state index contributed by atoms with van der Waals surface area (Å²) in [5, 5.41) is 0. The molecule has 0 aliphatic heterocycles. The summed E-state index contributed by atoms with van der Waals surface area (Å²) < 4.78 is 5.11. The number of ether oxygens (including phenoxy) is 1. The van der Waals surface area contributed by atoms with Crippen molar-refractivity contribution in [2.75, 3.05) is 6.61 Å². The second-order valence-electron chi connectivity index (χ2n) is 5.21. The van der Waals surface area contributed by atoms with E-state index in [1.807, 2.05) is 6.92 Å². The smallest absolute Gasteiger partial charge is 0.340 e. The highest BCUT2D eigenvalue weighted by Crippen LogP contribution is 2.50. The van der Waals surface area contributed by atoms with Crippen LogP contribution in [0.3, 0.4) is 0 Å². The van der Waals surface area contributed by atoms with Gasteiger partial charge in [-0.2, -0.15) is 0 Å². The molecular formula is C14H17NO3. The lowest BCUT2D eigenvalue weighted by atomic mass is 9.94. The summed E-state index contributed by atoms with van der Waals surface area (Å²) in [6.07, 6.45) is 2.90. The van der Waals surface area contributed by atoms with Gasteiger partial charge < -0.3 is 9.72 Å². The normalized spacial score (nSPS) is 22.1. The second-order valence-corrected chi connectivity index (χ2v) is 5.21. The zero-order chi connectivity index (χ0) is 12.9. The Balaban J connectivity index is 2.07. The predicted octanol–water partition coefficient (Wildman–Crippen LogP) is 2.58. The first-order valence-corrected chi connectivity index (χ1v) is 6.56. The maximum Gasteiger partial charge on any atom is 0.340 e. The summed E-state index contributed by atoms with van der Waals surface area (Å²) in [4.78, 5) is 27.1. The number of Topliss-reactive ketones (excluding diaryl/α,β-unsaturated/α-hetero) is 1. The molecule has 1 heterocycles. The van der Waals surface area contributed by atoms with Crippen LogP contribution in [0.5, 0.6) is 0 Å². The van der Waals surface area contributed by atoms with Crippen LogP contribution in [-0.2, 0) is 4.74 Å². The molecule has 1 fully saturated rings. The van der Waals surface area contributed by atoms with E-state index in [-0.39, 0.29) is 17.7 Å². The maximum absolute atomic E-state index is 12.0. The van der Waals surface area contributed by atoms with Crippen LogP contribution in [0.15, 0.2) is 0 Å². The molecule has 2 aliphatic carbocycles. The Morgan fingerprint density at radius 2 is 2.17 bits per heavy atom. The third-order valence-electron chi connectivity index (χ3n) is 3.95. The number of H-pyrrole nitrogens is 1. The molecule has 0 bridgehead atoms. The van der Waals surface area contributed by atoms with Crippen LogP contribution in [0.1, 0.15) is 64.2 Å². The van der Waals surface area contributed by atoms with Gasteiger partial charge in [0.2, 0.25) is 0 Å². The third-order valence-corrected chi connectivity index (χ3v) is 3.95. The second kappa shape index (κ2) is 3.97. The lowest BCUT2D eigenvalue weighted by Crippen LogP contribution is -2.10. The number of carbonyl (C=O) groups excluding carboxylic acids is 2. The van der Waals surface area contributed by atoms with Crippen LogP contribution < -0.4 is 0 Å². The Kier molecular flexibility index (Phi) is 2.54. The fraction of sp³-hybridized carbons (Fsp3) is 0.571. The molecule has 0 amide bonds. The Hall–Kier alpha value is -1.58. The molecule has 1 aromatic heterocycles. The van der Waals surface area contributed by atoms with E-state index >= 15 is 0 Å². The highest BCUT2D eigenvalue weighted by atomic mass is 16.5. The van der Waals surface area contributed by atoms with E-state index in [1.54, 1.807) is 6.92 Å². The summed E-state index contributed by atoms with van der Waals surface area (Å²) in [5.41, 5.74) is 2.94. The van der Waals surface area contributed by atoms with Crippen molar-refractivity contribution in [3.05, 3.63) is 22.5 Å². The number of rotatable bonds is 3. The number of ketones is 1. The minimum atomic E-state index is -0.298. The van der Waals surface area contributed by atoms with Crippen LogP contribution >= 0.6 is 0 Å². The fourth-order valence-electron chi connectivity index (χ4n) is 3.01. The van der Waals surface area contributed by atoms with Crippen molar-refractivity contribution in [2.24, 2.45) is 5.92 Å². The lowest BCUT2D eigenvalue weighted by Gasteiger charge is -2.10. The van der Waals surface area contributed by atoms with E-state index in [4.69, 9.17) is 4.74 Å². The number of aromatic nitrogens is 1. The first kappa shape index (κ1) is 11.5. The largest absolute Gasteiger partial charge is 0.462 e. The maximum atomic E-state index is 12.0. The third kappa shape index (κ3) is 1.59. The van der Waals surface area contributed by atoms with Crippen molar-refractivity contribution in [3.63, 3.8) is 0 Å². The minimum Gasteiger partial charge on any atom is -0.462 e. The summed E-state index contributed by atoms with van der Waals surface area (Å²) in [6, 6.07) is 0. The molecule has 1 atom stereocenters. The number of aromatic amines is 1. The van der Waals surface area contributed by atoms with Gasteiger partial charge in [0.15, 0.2) is 5.78 Å². The van der Waals surface area contributed by atoms with Gasteiger partial charge in [0.25, 0.3) is 0 Å². The highest BCUT2D eigenvalue weighted by Gasteiger charge is 2.44. The van der Waals surface area contributed by atoms with E-state index in [2.05, 4.69) is 4.98 Å². The summed E-state index contributed by atoms with van der Waals surface area (Å²) >= 11 is 0. The summed E-state index contributed by atoms with van der Waals surface area (Å²) in [6.45, 7) is 3.99. The van der Waals surface area contributed by atoms with Gasteiger partial charge in [-0.15, -0.1) is 0 Å². The van der Waals surface area contributed by atoms with Gasteiger partial charge in [-0.25, -0.2) is 4.79 Å². The molecule has 1 N–H and O–H groups in total. The molecule has 4 heteroatoms. The van der Waals surface area contributed by atoms with E-state index in [9.17, 15) is 9.59 Å². The fourth-order valence-corrected chi connectivity index (χ4v) is 3.01. The molecule has 1 unspecified atom stereocenters. The minimum absolute atomic E-state index is 0.139. The van der Waals surface area contributed by atoms with Crippen molar-refractivity contribution in [3.8, 4) is 0 Å². The zero-order valence-corrected chi connectivity index (χ0v) is 10.7. The monoisotopic (exact) mass is 247 g/mol. The van der Waals surface area contributed by atoms with Crippen molar-refractivity contribution < 1.29 is 14.3 Å². The standard InChI is InChI=1S/C14H17NO3/c1-3-18-14(17)11-7(2)15-13-10(16)6-9(12(11)13)8-4-5-8/h8-9,15H,3-6H2,1-2H3. The topological polar surface area (TPSA) is 59.2 Å². The van der Waals surface area contributed by atoms with Gasteiger partial charge in [0, 0.05) is 12.1 Å². The molecule has 4 nitrogen and oxygen atoms in total. The van der Waals surface area contributed by atoms with Crippen LogP contribution in [0.2, 0.25) is 0 Å². The Morgan fingerprint density at radius 1 is 1.44 bits per heavy atom. The summed E-state index contributed by atoms with van der Waals surface area (Å²) in [5.74, 6) is 0.656. The highest BCUT2D eigenvalue weighted by molar-refractivity contribution is 6.05. The van der Waals surface area contributed by atoms with E-state index in [1.165, 1.54) is 12.8 Å². The van der Waals surface area contributed by atoms with Crippen LogP contribution in [-0.4, -0.2) is 23.3 Å². The average molecular weight is 247 g/mol. The molecule has 2 aliphatic rings. The number of carbonyl (C=O) groups is 2. The van der Waals surface area contributed by atoms with Crippen molar-refractivity contribution >= 4 is 11.8 Å². The van der Waals surface area contributed by atoms with Gasteiger partial charge in [-0.1, -0.05) is 0 Å². The molecule has 0 radical (unpaired) electrons. The molecule has 1 saturated carbocycles. The number of esters is 1. The number of fused-ring (bicyclic) bond motifs is 1. The van der Waals surface area contributed by atoms with Crippen LogP contribution in [0, 0.1) is 12.8 Å². The molecule has 0 aromatic carbocycles. The SMILES string of the molecule is CCOC(=O)c1c(C)[nH]c2c1C(C1CC1)CC2=O. The number of hydrogen-bond donors (Lipinski definition) is 1. The van der Waals surface area contributed by atoms with Crippen molar-refractivity contribution in [1.29, 1.82) is 0 Å². The van der Waals surface area contributed by atoms with Gasteiger partial charge in [0.1, 0.15) is 0 Å². The van der Waals surface area contributed by atoms with E-state index in [0.29, 0.717) is 30.2 Å². The Bertz CT molecular complexity index is 525. The molecule has 1 aromatic rings. The summed E-state index contributed by atoms with van der Waals surface area (Å²) in [7, 11) is 0. The molecular weight excluding hydrogens is 230 g/mol. The lowest BCUT2D eigenvalue weighted by molar-refractivity contribution is 0.0523. The van der Waals surface area contributed by atoms with Crippen molar-refractivity contribution in [2.45, 2.75) is 39.0 Å². The van der Waals surface area contributed by atoms with Gasteiger partial charge >= 0.3 is 5.97 Å². The van der Waals surface area contributed by atoms with E-state index in [0.717, 1.165) is 11.3 Å². The zero-order valence-electron chi connectivity index (χ0n) is 10.7. The quantitative estimate of drug-likeness (QED) is 0.835. The van der Waals surface area contributed by atoms with Gasteiger partial charge in [-0.3, -0.25) is 4.79 Å². The Morgan fingerprint density at radius 3 is 2.78 bits per heavy atom. The molecule has 3 rings (SSSR count). The molecule has 0 spiro atoms. The number of nitrogens with one attached hydrogen (secondary N) is 1. The molecule has 96 valence electrons. The molecule has 18 heavy (non-hydrogen) atoms. The first-order chi connectivity index (χ1) is 8.63. The van der Waals surface area contributed by atoms with Crippen molar-refractivity contribution in [1.82, 2.24) is 4.98 Å². The first-order valence-electron chi connectivity index (χ1n) is 6.56. The van der Waals surface area contributed by atoms with Gasteiger partial charge in [-0.05, 0) is 44.1 Å². The van der Waals surface area contributed by atoms with E-state index < -0.39 is 0 Å². The Labute approximate surface area is 106 Å². The number of hydrogen-bond acceptors (Lipinski definition) is 3. The predicted molar refractivity (Wildman–Crippen MR) is 65.9 cm³/mol. The van der Waals surface area contributed by atoms with Crippen LogP contribution in [0.4, 0.5) is 0 Å².